The number of nitrogens with one attached hydrogen (secondary N) is 1. The molecule has 0 heterocycles. The summed E-state index contributed by atoms with van der Waals surface area (Å²) in [5.41, 5.74) is 4.21. The van der Waals surface area contributed by atoms with Gasteiger partial charge in [-0.1, -0.05) is 24.3 Å². The highest BCUT2D eigenvalue weighted by atomic mass is 19.3. The zero-order valence-electron chi connectivity index (χ0n) is 11.1. The number of hydrazine groups is 1. The van der Waals surface area contributed by atoms with Gasteiger partial charge in [0, 0.05) is 6.04 Å². The average molecular weight is 296 g/mol. The van der Waals surface area contributed by atoms with Gasteiger partial charge in [0.05, 0.1) is 0 Å². The Kier molecular flexibility index (Phi) is 5.19. The molecule has 0 radical (unpaired) electrons. The van der Waals surface area contributed by atoms with E-state index >= 15 is 0 Å². The summed E-state index contributed by atoms with van der Waals surface area (Å²) in [6, 6.07) is 12.1. The van der Waals surface area contributed by atoms with Crippen LogP contribution in [0.25, 0.3) is 0 Å². The highest BCUT2D eigenvalue weighted by molar-refractivity contribution is 5.30. The van der Waals surface area contributed by atoms with Crippen molar-refractivity contribution in [3.05, 3.63) is 65.5 Å². The molecule has 2 rings (SSSR count). The third-order valence-corrected chi connectivity index (χ3v) is 3.04. The van der Waals surface area contributed by atoms with Gasteiger partial charge in [-0.2, -0.15) is 8.78 Å². The lowest BCUT2D eigenvalue weighted by atomic mass is 9.99. The summed E-state index contributed by atoms with van der Waals surface area (Å²) in [5, 5.41) is 0. The van der Waals surface area contributed by atoms with Crippen molar-refractivity contribution in [2.75, 3.05) is 0 Å². The molecule has 0 aliphatic rings. The molecule has 0 aromatic heterocycles. The molecular formula is C15H15F3N2O. The molecule has 1 unspecified atom stereocenters. The molecule has 0 aliphatic heterocycles. The minimum absolute atomic E-state index is 0.0790. The maximum atomic E-state index is 13.2. The van der Waals surface area contributed by atoms with Crippen molar-refractivity contribution in [2.45, 2.75) is 19.1 Å². The fourth-order valence-electron chi connectivity index (χ4n) is 2.05. The Balaban J connectivity index is 2.10. The molecule has 2 aromatic carbocycles. The van der Waals surface area contributed by atoms with Crippen LogP contribution in [-0.4, -0.2) is 6.61 Å². The van der Waals surface area contributed by atoms with Gasteiger partial charge in [-0.3, -0.25) is 11.3 Å². The van der Waals surface area contributed by atoms with Gasteiger partial charge in [0.2, 0.25) is 0 Å². The Hall–Kier alpha value is -2.05. The number of benzene rings is 2. The minimum atomic E-state index is -2.86. The largest absolute Gasteiger partial charge is 0.435 e. The van der Waals surface area contributed by atoms with Crippen LogP contribution in [0.4, 0.5) is 13.2 Å². The second-order valence-corrected chi connectivity index (χ2v) is 4.50. The molecule has 3 N–H and O–H groups in total. The molecule has 1 atom stereocenters. The molecule has 0 bridgehead atoms. The van der Waals surface area contributed by atoms with E-state index in [1.165, 1.54) is 24.3 Å². The molecular weight excluding hydrogens is 281 g/mol. The van der Waals surface area contributed by atoms with Crippen LogP contribution in [0, 0.1) is 5.82 Å². The standard InChI is InChI=1S/C15H15F3N2O/c16-12-3-1-2-10(8-12)9-14(20-19)11-4-6-13(7-5-11)21-15(17)18/h1-8,14-15,20H,9,19H2. The van der Waals surface area contributed by atoms with Crippen LogP contribution in [0.1, 0.15) is 17.2 Å². The lowest BCUT2D eigenvalue weighted by molar-refractivity contribution is -0.0498. The van der Waals surface area contributed by atoms with Crippen LogP contribution in [0.3, 0.4) is 0 Å². The highest BCUT2D eigenvalue weighted by Gasteiger charge is 2.12. The van der Waals surface area contributed by atoms with Gasteiger partial charge in [0.25, 0.3) is 0 Å². The van der Waals surface area contributed by atoms with Gasteiger partial charge >= 0.3 is 6.61 Å². The van der Waals surface area contributed by atoms with Crippen LogP contribution < -0.4 is 16.0 Å². The first-order valence-corrected chi connectivity index (χ1v) is 6.34. The third kappa shape index (κ3) is 4.47. The molecule has 3 nitrogen and oxygen atoms in total. The van der Waals surface area contributed by atoms with Crippen LogP contribution in [0.15, 0.2) is 48.5 Å². The highest BCUT2D eigenvalue weighted by Crippen LogP contribution is 2.22. The van der Waals surface area contributed by atoms with Crippen molar-refractivity contribution in [1.29, 1.82) is 0 Å². The minimum Gasteiger partial charge on any atom is -0.435 e. The predicted octanol–water partition coefficient (Wildman–Crippen LogP) is 3.17. The zero-order valence-corrected chi connectivity index (χ0v) is 11.1. The number of hydrogen-bond acceptors (Lipinski definition) is 3. The number of ether oxygens (including phenoxy) is 1. The van der Waals surface area contributed by atoms with Crippen molar-refractivity contribution in [2.24, 2.45) is 5.84 Å². The first-order valence-electron chi connectivity index (χ1n) is 6.34. The Morgan fingerprint density at radius 2 is 1.81 bits per heavy atom. The summed E-state index contributed by atoms with van der Waals surface area (Å²) in [6.07, 6.45) is 0.476. The quantitative estimate of drug-likeness (QED) is 0.636. The molecule has 2 aromatic rings. The summed E-state index contributed by atoms with van der Waals surface area (Å²) in [6.45, 7) is -2.86. The average Bonchev–Trinajstić information content (AvgIpc) is 2.45. The topological polar surface area (TPSA) is 47.3 Å². The second kappa shape index (κ2) is 7.10. The van der Waals surface area contributed by atoms with Crippen LogP contribution in [0.5, 0.6) is 5.75 Å². The Morgan fingerprint density at radius 3 is 2.38 bits per heavy atom. The van der Waals surface area contributed by atoms with E-state index in [0.717, 1.165) is 11.1 Å². The number of rotatable bonds is 6. The van der Waals surface area contributed by atoms with E-state index in [0.29, 0.717) is 6.42 Å². The van der Waals surface area contributed by atoms with E-state index in [4.69, 9.17) is 5.84 Å². The molecule has 0 spiro atoms. The van der Waals surface area contributed by atoms with E-state index in [9.17, 15) is 13.2 Å². The summed E-state index contributed by atoms with van der Waals surface area (Å²) in [4.78, 5) is 0. The van der Waals surface area contributed by atoms with Crippen molar-refractivity contribution >= 4 is 0 Å². The predicted molar refractivity (Wildman–Crippen MR) is 73.2 cm³/mol. The van der Waals surface area contributed by atoms with Crippen LogP contribution >= 0.6 is 0 Å². The summed E-state index contributed by atoms with van der Waals surface area (Å²) >= 11 is 0. The van der Waals surface area contributed by atoms with Gasteiger partial charge in [0.15, 0.2) is 0 Å². The lowest BCUT2D eigenvalue weighted by Gasteiger charge is -2.17. The van der Waals surface area contributed by atoms with Crippen molar-refractivity contribution in [1.82, 2.24) is 5.43 Å². The fourth-order valence-corrected chi connectivity index (χ4v) is 2.05. The molecule has 21 heavy (non-hydrogen) atoms. The molecule has 0 aliphatic carbocycles. The normalized spacial score (nSPS) is 12.4. The second-order valence-electron chi connectivity index (χ2n) is 4.50. The van der Waals surface area contributed by atoms with E-state index in [1.807, 2.05) is 0 Å². The molecule has 0 amide bonds. The van der Waals surface area contributed by atoms with Crippen LogP contribution in [-0.2, 0) is 6.42 Å². The maximum absolute atomic E-state index is 13.2. The van der Waals surface area contributed by atoms with E-state index < -0.39 is 6.61 Å². The van der Waals surface area contributed by atoms with Gasteiger partial charge in [-0.25, -0.2) is 4.39 Å². The van der Waals surface area contributed by atoms with Crippen LogP contribution in [0.2, 0.25) is 0 Å². The smallest absolute Gasteiger partial charge is 0.387 e. The number of hydrogen-bond donors (Lipinski definition) is 2. The molecule has 6 heteroatoms. The van der Waals surface area contributed by atoms with Crippen molar-refractivity contribution < 1.29 is 17.9 Å². The van der Waals surface area contributed by atoms with Gasteiger partial charge in [-0.15, -0.1) is 0 Å². The first-order chi connectivity index (χ1) is 10.1. The number of halogens is 3. The third-order valence-electron chi connectivity index (χ3n) is 3.04. The Labute approximate surface area is 120 Å². The van der Waals surface area contributed by atoms with Gasteiger partial charge < -0.3 is 4.74 Å². The summed E-state index contributed by atoms with van der Waals surface area (Å²) < 4.78 is 41.6. The SMILES string of the molecule is NNC(Cc1cccc(F)c1)c1ccc(OC(F)F)cc1. The van der Waals surface area contributed by atoms with E-state index in [1.54, 1.807) is 24.3 Å². The molecule has 0 fully saturated rings. The van der Waals surface area contributed by atoms with Gasteiger partial charge in [-0.05, 0) is 41.8 Å². The fraction of sp³-hybridized carbons (Fsp3) is 0.200. The number of nitrogens with two attached hydrogens (primary N) is 1. The van der Waals surface area contributed by atoms with E-state index in [2.05, 4.69) is 10.2 Å². The molecule has 112 valence electrons. The number of alkyl halides is 2. The van der Waals surface area contributed by atoms with Crippen molar-refractivity contribution in [3.8, 4) is 5.75 Å². The monoisotopic (exact) mass is 296 g/mol. The molecule has 0 saturated carbocycles. The van der Waals surface area contributed by atoms with E-state index in [-0.39, 0.29) is 17.6 Å². The Morgan fingerprint density at radius 1 is 1.10 bits per heavy atom. The zero-order chi connectivity index (χ0) is 15.2. The van der Waals surface area contributed by atoms with Gasteiger partial charge in [0.1, 0.15) is 11.6 Å². The first kappa shape index (κ1) is 15.3. The summed E-state index contributed by atoms with van der Waals surface area (Å²) in [5.74, 6) is 5.28. The Bertz CT molecular complexity index is 575. The van der Waals surface area contributed by atoms with Crippen molar-refractivity contribution in [3.63, 3.8) is 0 Å². The lowest BCUT2D eigenvalue weighted by Crippen LogP contribution is -2.29. The summed E-state index contributed by atoms with van der Waals surface area (Å²) in [7, 11) is 0. The molecule has 0 saturated heterocycles. The maximum Gasteiger partial charge on any atom is 0.387 e.